The number of carbonyl (C=O) groups is 1. The van der Waals surface area contributed by atoms with Gasteiger partial charge in [0.25, 0.3) is 5.91 Å². The molecule has 1 aromatic carbocycles. The summed E-state index contributed by atoms with van der Waals surface area (Å²) in [5.74, 6) is -0.680. The van der Waals surface area contributed by atoms with E-state index in [4.69, 9.17) is 9.84 Å². The van der Waals surface area contributed by atoms with E-state index in [2.05, 4.69) is 0 Å². The van der Waals surface area contributed by atoms with Crippen molar-refractivity contribution in [3.63, 3.8) is 0 Å². The number of aliphatic hydroxyl groups excluding tert-OH is 1. The summed E-state index contributed by atoms with van der Waals surface area (Å²) >= 11 is 0. The molecule has 1 aliphatic rings. The maximum atomic E-state index is 13.0. The van der Waals surface area contributed by atoms with Crippen molar-refractivity contribution in [3.05, 3.63) is 29.8 Å². The lowest BCUT2D eigenvalue weighted by atomic mass is 10.2. The zero-order chi connectivity index (χ0) is 17.7. The zero-order valence-electron chi connectivity index (χ0n) is 13.4. The van der Waals surface area contributed by atoms with Gasteiger partial charge in [-0.2, -0.15) is 13.2 Å². The van der Waals surface area contributed by atoms with E-state index in [0.29, 0.717) is 32.7 Å². The molecule has 8 heteroatoms. The lowest BCUT2D eigenvalue weighted by molar-refractivity contribution is -0.144. The molecular weight excluding hydrogens is 325 g/mol. The smallest absolute Gasteiger partial charge is 0.419 e. The Hall–Kier alpha value is -1.80. The molecule has 0 bridgehead atoms. The molecule has 1 amide bonds. The van der Waals surface area contributed by atoms with Gasteiger partial charge in [0.15, 0.2) is 6.10 Å². The first-order valence-electron chi connectivity index (χ1n) is 7.78. The van der Waals surface area contributed by atoms with Crippen LogP contribution < -0.4 is 4.74 Å². The monoisotopic (exact) mass is 346 g/mol. The number of rotatable bonds is 5. The van der Waals surface area contributed by atoms with Gasteiger partial charge in [0.1, 0.15) is 5.75 Å². The number of aliphatic hydroxyl groups is 1. The summed E-state index contributed by atoms with van der Waals surface area (Å²) in [4.78, 5) is 16.0. The van der Waals surface area contributed by atoms with Crippen LogP contribution in [0.1, 0.15) is 12.5 Å². The topological polar surface area (TPSA) is 53.0 Å². The number of halogens is 3. The molecular formula is C16H21F3N2O3. The number of piperazine rings is 1. The van der Waals surface area contributed by atoms with E-state index in [-0.39, 0.29) is 18.3 Å². The highest BCUT2D eigenvalue weighted by Gasteiger charge is 2.35. The first-order chi connectivity index (χ1) is 11.3. The number of benzene rings is 1. The molecule has 5 nitrogen and oxygen atoms in total. The van der Waals surface area contributed by atoms with Crippen molar-refractivity contribution in [3.8, 4) is 5.75 Å². The number of hydrogen-bond acceptors (Lipinski definition) is 4. The fourth-order valence-corrected chi connectivity index (χ4v) is 2.63. The Bertz CT molecular complexity index is 558. The van der Waals surface area contributed by atoms with Gasteiger partial charge in [-0.25, -0.2) is 0 Å². The minimum absolute atomic E-state index is 0.0572. The van der Waals surface area contributed by atoms with Crippen molar-refractivity contribution < 1.29 is 27.8 Å². The number of amides is 1. The Labute approximate surface area is 138 Å². The Balaban J connectivity index is 1.98. The molecule has 1 saturated heterocycles. The molecule has 134 valence electrons. The molecule has 1 aromatic rings. The number of carbonyl (C=O) groups excluding carboxylic acids is 1. The van der Waals surface area contributed by atoms with Gasteiger partial charge in [-0.15, -0.1) is 0 Å². The second kappa shape index (κ2) is 7.85. The first-order valence-corrected chi connectivity index (χ1v) is 7.78. The first kappa shape index (κ1) is 18.5. The van der Waals surface area contributed by atoms with Gasteiger partial charge in [0.2, 0.25) is 0 Å². The van der Waals surface area contributed by atoms with Crippen LogP contribution in [-0.2, 0) is 11.0 Å². The summed E-state index contributed by atoms with van der Waals surface area (Å²) in [7, 11) is 0. The van der Waals surface area contributed by atoms with Crippen molar-refractivity contribution in [2.24, 2.45) is 0 Å². The molecule has 0 aliphatic carbocycles. The predicted molar refractivity (Wildman–Crippen MR) is 81.6 cm³/mol. The molecule has 0 unspecified atom stereocenters. The molecule has 1 N–H and O–H groups in total. The molecule has 0 radical (unpaired) electrons. The van der Waals surface area contributed by atoms with Gasteiger partial charge in [0.05, 0.1) is 12.2 Å². The highest BCUT2D eigenvalue weighted by atomic mass is 19.4. The van der Waals surface area contributed by atoms with E-state index < -0.39 is 17.8 Å². The van der Waals surface area contributed by atoms with Crippen molar-refractivity contribution in [2.45, 2.75) is 19.2 Å². The maximum absolute atomic E-state index is 13.0. The second-order valence-electron chi connectivity index (χ2n) is 5.64. The molecule has 1 fully saturated rings. The quantitative estimate of drug-likeness (QED) is 0.880. The summed E-state index contributed by atoms with van der Waals surface area (Å²) in [5.41, 5.74) is -0.891. The molecule has 0 aromatic heterocycles. The van der Waals surface area contributed by atoms with E-state index >= 15 is 0 Å². The third kappa shape index (κ3) is 4.61. The summed E-state index contributed by atoms with van der Waals surface area (Å²) in [6, 6.07) is 4.87. The summed E-state index contributed by atoms with van der Waals surface area (Å²) in [5, 5.41) is 8.90. The number of para-hydroxylation sites is 1. The molecule has 0 saturated carbocycles. The average Bonchev–Trinajstić information content (AvgIpc) is 2.54. The zero-order valence-corrected chi connectivity index (χ0v) is 13.4. The normalized spacial score (nSPS) is 17.6. The van der Waals surface area contributed by atoms with E-state index in [1.165, 1.54) is 25.1 Å². The number of alkyl halides is 3. The van der Waals surface area contributed by atoms with E-state index in [1.54, 1.807) is 4.90 Å². The average molecular weight is 346 g/mol. The summed E-state index contributed by atoms with van der Waals surface area (Å²) in [6.07, 6.45) is -5.53. The highest BCUT2D eigenvalue weighted by Crippen LogP contribution is 2.36. The van der Waals surface area contributed by atoms with Crippen molar-refractivity contribution in [1.82, 2.24) is 9.80 Å². The van der Waals surface area contributed by atoms with Gasteiger partial charge in [-0.1, -0.05) is 12.1 Å². The lowest BCUT2D eigenvalue weighted by Crippen LogP contribution is -2.52. The van der Waals surface area contributed by atoms with Gasteiger partial charge in [-0.05, 0) is 19.1 Å². The van der Waals surface area contributed by atoms with Crippen molar-refractivity contribution >= 4 is 5.91 Å². The summed E-state index contributed by atoms with van der Waals surface area (Å²) < 4.78 is 44.2. The molecule has 1 atom stereocenters. The predicted octanol–water partition coefficient (Wildman–Crippen LogP) is 1.61. The number of hydrogen-bond donors (Lipinski definition) is 1. The largest absolute Gasteiger partial charge is 0.480 e. The Morgan fingerprint density at radius 1 is 1.25 bits per heavy atom. The third-order valence-electron chi connectivity index (χ3n) is 3.94. The second-order valence-corrected chi connectivity index (χ2v) is 5.64. The number of β-amino-alcohol motifs (C(OH)–C–C–N with tert-alkyl or cyclic N) is 1. The van der Waals surface area contributed by atoms with Gasteiger partial charge in [0, 0.05) is 32.7 Å². The molecule has 1 heterocycles. The highest BCUT2D eigenvalue weighted by molar-refractivity contribution is 5.81. The fourth-order valence-electron chi connectivity index (χ4n) is 2.63. The van der Waals surface area contributed by atoms with Crippen LogP contribution in [0, 0.1) is 0 Å². The van der Waals surface area contributed by atoms with E-state index in [0.717, 1.165) is 6.07 Å². The van der Waals surface area contributed by atoms with Crippen LogP contribution in [-0.4, -0.2) is 66.2 Å². The van der Waals surface area contributed by atoms with Crippen LogP contribution in [0.25, 0.3) is 0 Å². The SMILES string of the molecule is C[C@@H](Oc1ccccc1C(F)(F)F)C(=O)N1CCN(CCO)CC1. The van der Waals surface area contributed by atoms with Crippen LogP contribution in [0.3, 0.4) is 0 Å². The van der Waals surface area contributed by atoms with Crippen LogP contribution in [0.5, 0.6) is 5.75 Å². The Morgan fingerprint density at radius 3 is 2.46 bits per heavy atom. The molecule has 2 rings (SSSR count). The lowest BCUT2D eigenvalue weighted by Gasteiger charge is -2.35. The fraction of sp³-hybridized carbons (Fsp3) is 0.562. The Morgan fingerprint density at radius 2 is 1.88 bits per heavy atom. The maximum Gasteiger partial charge on any atom is 0.419 e. The van der Waals surface area contributed by atoms with Crippen LogP contribution >= 0.6 is 0 Å². The minimum atomic E-state index is -4.53. The van der Waals surface area contributed by atoms with Crippen molar-refractivity contribution in [1.29, 1.82) is 0 Å². The molecule has 0 spiro atoms. The van der Waals surface area contributed by atoms with Crippen molar-refractivity contribution in [2.75, 3.05) is 39.3 Å². The van der Waals surface area contributed by atoms with Gasteiger partial charge < -0.3 is 14.7 Å². The Kier molecular flexibility index (Phi) is 6.06. The molecule has 1 aliphatic heterocycles. The van der Waals surface area contributed by atoms with Crippen LogP contribution in [0.2, 0.25) is 0 Å². The van der Waals surface area contributed by atoms with Crippen LogP contribution in [0.15, 0.2) is 24.3 Å². The number of ether oxygens (including phenoxy) is 1. The molecule has 24 heavy (non-hydrogen) atoms. The van der Waals surface area contributed by atoms with E-state index in [9.17, 15) is 18.0 Å². The van der Waals surface area contributed by atoms with E-state index in [1.807, 2.05) is 4.90 Å². The number of nitrogens with zero attached hydrogens (tertiary/aromatic N) is 2. The minimum Gasteiger partial charge on any atom is -0.480 e. The third-order valence-corrected chi connectivity index (χ3v) is 3.94. The standard InChI is InChI=1S/C16H21F3N2O3/c1-12(15(23)21-8-6-20(7-9-21)10-11-22)24-14-5-3-2-4-13(14)16(17,18)19/h2-5,12,22H,6-11H2,1H3/t12-/m1/s1. The van der Waals surface area contributed by atoms with Gasteiger partial charge >= 0.3 is 6.18 Å². The van der Waals surface area contributed by atoms with Gasteiger partial charge in [-0.3, -0.25) is 9.69 Å². The summed E-state index contributed by atoms with van der Waals surface area (Å²) in [6.45, 7) is 4.24. The van der Waals surface area contributed by atoms with Crippen LogP contribution in [0.4, 0.5) is 13.2 Å².